The maximum atomic E-state index is 5.71. The second-order valence-corrected chi connectivity index (χ2v) is 8.26. The van der Waals surface area contributed by atoms with Crippen molar-refractivity contribution in [1.29, 1.82) is 0 Å². The van der Waals surface area contributed by atoms with Gasteiger partial charge in [0.1, 0.15) is 13.7 Å². The molecule has 0 aliphatic heterocycles. The van der Waals surface area contributed by atoms with Crippen LogP contribution in [-0.4, -0.2) is 4.98 Å². The summed E-state index contributed by atoms with van der Waals surface area (Å²) < 4.78 is 1.01. The quantitative estimate of drug-likeness (QED) is 0.512. The number of nitrogens with zero attached hydrogens (tertiary/aromatic N) is 1. The van der Waals surface area contributed by atoms with E-state index in [1.165, 1.54) is 52.6 Å². The molecule has 0 atom stereocenters. The fraction of sp³-hybridized carbons (Fsp3) is 0.294. The van der Waals surface area contributed by atoms with Crippen LogP contribution in [0.2, 0.25) is 0 Å². The van der Waals surface area contributed by atoms with Crippen molar-refractivity contribution in [1.82, 2.24) is 4.98 Å². The summed E-state index contributed by atoms with van der Waals surface area (Å²) in [7, 11) is 0. The first-order valence-electron chi connectivity index (χ1n) is 7.25. The molecule has 1 aromatic carbocycles. The van der Waals surface area contributed by atoms with E-state index in [2.05, 4.69) is 31.2 Å². The number of benzene rings is 1. The molecule has 0 saturated carbocycles. The van der Waals surface area contributed by atoms with E-state index in [1.54, 1.807) is 11.3 Å². The van der Waals surface area contributed by atoms with Crippen molar-refractivity contribution in [2.24, 2.45) is 0 Å². The zero-order valence-corrected chi connectivity index (χ0v) is 14.3. The highest BCUT2D eigenvalue weighted by Gasteiger charge is 2.19. The third-order valence-corrected chi connectivity index (χ3v) is 6.66. The Kier molecular flexibility index (Phi) is 3.40. The molecule has 2 aromatic heterocycles. The van der Waals surface area contributed by atoms with Crippen LogP contribution in [0, 0.1) is 10.7 Å². The Morgan fingerprint density at radius 1 is 1.10 bits per heavy atom. The molecule has 1 aliphatic rings. The zero-order chi connectivity index (χ0) is 14.4. The van der Waals surface area contributed by atoms with Gasteiger partial charge in [-0.1, -0.05) is 36.5 Å². The van der Waals surface area contributed by atoms with Crippen molar-refractivity contribution in [3.8, 4) is 10.6 Å². The minimum Gasteiger partial charge on any atom is -0.226 e. The van der Waals surface area contributed by atoms with Gasteiger partial charge in [-0.15, -0.1) is 22.7 Å². The van der Waals surface area contributed by atoms with E-state index < -0.39 is 0 Å². The molecule has 0 radical (unpaired) electrons. The molecule has 4 heteroatoms. The number of hydrogen-bond acceptors (Lipinski definition) is 4. The summed E-state index contributed by atoms with van der Waals surface area (Å²) in [6.07, 6.45) is 4.98. The molecule has 0 amide bonds. The standard InChI is InChI=1S/C17H15NS3/c1-10-6-2-3-7-11(10)15-18-16-14(17(19)21-15)12-8-4-5-9-13(12)20-16/h2-3,6-7H,4-5,8-9H2,1H3. The molecule has 2 heterocycles. The summed E-state index contributed by atoms with van der Waals surface area (Å²) in [4.78, 5) is 7.60. The van der Waals surface area contributed by atoms with E-state index in [9.17, 15) is 0 Å². The molecule has 106 valence electrons. The van der Waals surface area contributed by atoms with Crippen molar-refractivity contribution >= 4 is 45.1 Å². The first-order valence-corrected chi connectivity index (χ1v) is 9.29. The Morgan fingerprint density at radius 3 is 2.76 bits per heavy atom. The highest BCUT2D eigenvalue weighted by Crippen LogP contribution is 2.39. The van der Waals surface area contributed by atoms with Crippen LogP contribution < -0.4 is 0 Å². The van der Waals surface area contributed by atoms with Gasteiger partial charge in [-0.3, -0.25) is 0 Å². The lowest BCUT2D eigenvalue weighted by atomic mass is 9.98. The Bertz CT molecular complexity index is 889. The Labute approximate surface area is 137 Å². The van der Waals surface area contributed by atoms with Crippen LogP contribution in [0.1, 0.15) is 28.8 Å². The fourth-order valence-corrected chi connectivity index (χ4v) is 5.91. The zero-order valence-electron chi connectivity index (χ0n) is 11.8. The minimum absolute atomic E-state index is 1.01. The number of hydrogen-bond donors (Lipinski definition) is 0. The summed E-state index contributed by atoms with van der Waals surface area (Å²) in [5.74, 6) is 0. The lowest BCUT2D eigenvalue weighted by Gasteiger charge is -2.10. The second-order valence-electron chi connectivity index (χ2n) is 5.51. The monoisotopic (exact) mass is 329 g/mol. The third kappa shape index (κ3) is 2.26. The smallest absolute Gasteiger partial charge is 0.127 e. The van der Waals surface area contributed by atoms with Crippen LogP contribution in [0.5, 0.6) is 0 Å². The first-order chi connectivity index (χ1) is 10.2. The van der Waals surface area contributed by atoms with Crippen LogP contribution in [0.25, 0.3) is 20.8 Å². The molecule has 21 heavy (non-hydrogen) atoms. The summed E-state index contributed by atoms with van der Waals surface area (Å²) in [6.45, 7) is 2.14. The van der Waals surface area contributed by atoms with Gasteiger partial charge >= 0.3 is 0 Å². The van der Waals surface area contributed by atoms with Crippen LogP contribution >= 0.6 is 34.9 Å². The van der Waals surface area contributed by atoms with E-state index >= 15 is 0 Å². The lowest BCUT2D eigenvalue weighted by Crippen LogP contribution is -1.97. The molecule has 0 saturated heterocycles. The molecule has 4 rings (SSSR count). The molecular weight excluding hydrogens is 314 g/mol. The minimum atomic E-state index is 1.01. The maximum Gasteiger partial charge on any atom is 0.127 e. The lowest BCUT2D eigenvalue weighted by molar-refractivity contribution is 0.700. The molecule has 0 N–H and O–H groups in total. The highest BCUT2D eigenvalue weighted by atomic mass is 32.1. The van der Waals surface area contributed by atoms with Crippen molar-refractivity contribution in [3.63, 3.8) is 0 Å². The SMILES string of the molecule is Cc1ccccc1-c1nc2sc3c(c2c(=S)s1)CCCC3. The normalized spacial score (nSPS) is 14.3. The van der Waals surface area contributed by atoms with Gasteiger partial charge in [-0.2, -0.15) is 0 Å². The van der Waals surface area contributed by atoms with Gasteiger partial charge in [-0.05, 0) is 43.7 Å². The summed E-state index contributed by atoms with van der Waals surface area (Å²) in [5, 5.41) is 2.33. The summed E-state index contributed by atoms with van der Waals surface area (Å²) in [5.41, 5.74) is 3.96. The van der Waals surface area contributed by atoms with Crippen LogP contribution in [-0.2, 0) is 12.8 Å². The molecule has 0 bridgehead atoms. The topological polar surface area (TPSA) is 12.9 Å². The summed E-state index contributed by atoms with van der Waals surface area (Å²) >= 11 is 9.23. The van der Waals surface area contributed by atoms with Gasteiger partial charge in [0, 0.05) is 15.8 Å². The number of aromatic nitrogens is 1. The van der Waals surface area contributed by atoms with Crippen molar-refractivity contribution in [3.05, 3.63) is 44.1 Å². The highest BCUT2D eigenvalue weighted by molar-refractivity contribution is 7.74. The average molecular weight is 330 g/mol. The molecule has 1 nitrogen and oxygen atoms in total. The Balaban J connectivity index is 1.98. The Hall–Kier alpha value is -1.10. The van der Waals surface area contributed by atoms with E-state index in [0.29, 0.717) is 0 Å². The van der Waals surface area contributed by atoms with Gasteiger partial charge in [-0.25, -0.2) is 4.98 Å². The van der Waals surface area contributed by atoms with Crippen LogP contribution in [0.15, 0.2) is 24.3 Å². The molecule has 0 spiro atoms. The summed E-state index contributed by atoms with van der Waals surface area (Å²) in [6, 6.07) is 8.42. The van der Waals surface area contributed by atoms with E-state index in [1.807, 2.05) is 11.3 Å². The van der Waals surface area contributed by atoms with Crippen molar-refractivity contribution < 1.29 is 0 Å². The van der Waals surface area contributed by atoms with Gasteiger partial charge < -0.3 is 0 Å². The van der Waals surface area contributed by atoms with Gasteiger partial charge in [0.15, 0.2) is 0 Å². The predicted octanol–water partition coefficient (Wildman–Crippen LogP) is 5.94. The van der Waals surface area contributed by atoms with Crippen molar-refractivity contribution in [2.45, 2.75) is 32.6 Å². The molecule has 0 unspecified atom stereocenters. The average Bonchev–Trinajstić information content (AvgIpc) is 2.86. The van der Waals surface area contributed by atoms with Gasteiger partial charge in [0.25, 0.3) is 0 Å². The molecule has 0 fully saturated rings. The van der Waals surface area contributed by atoms with Gasteiger partial charge in [0.2, 0.25) is 0 Å². The van der Waals surface area contributed by atoms with Gasteiger partial charge in [0.05, 0.1) is 0 Å². The Morgan fingerprint density at radius 2 is 1.90 bits per heavy atom. The third-order valence-electron chi connectivity index (χ3n) is 4.12. The number of aryl methyl sites for hydroxylation is 3. The molecule has 1 aliphatic carbocycles. The van der Waals surface area contributed by atoms with Crippen molar-refractivity contribution in [2.75, 3.05) is 0 Å². The first kappa shape index (κ1) is 13.6. The fourth-order valence-electron chi connectivity index (χ4n) is 3.02. The van der Waals surface area contributed by atoms with E-state index in [4.69, 9.17) is 17.2 Å². The number of fused-ring (bicyclic) bond motifs is 3. The largest absolute Gasteiger partial charge is 0.226 e. The van der Waals surface area contributed by atoms with E-state index in [-0.39, 0.29) is 0 Å². The van der Waals surface area contributed by atoms with Crippen LogP contribution in [0.4, 0.5) is 0 Å². The van der Waals surface area contributed by atoms with E-state index in [0.717, 1.165) is 13.7 Å². The number of thiophene rings is 1. The molecular formula is C17H15NS3. The number of rotatable bonds is 1. The maximum absolute atomic E-state index is 5.71. The predicted molar refractivity (Wildman–Crippen MR) is 95.1 cm³/mol. The van der Waals surface area contributed by atoms with Crippen LogP contribution in [0.3, 0.4) is 0 Å². The molecule has 3 aromatic rings. The second kappa shape index (κ2) is 5.27.